The summed E-state index contributed by atoms with van der Waals surface area (Å²) in [5.74, 6) is 0.276. The highest BCUT2D eigenvalue weighted by atomic mass is 127. The van der Waals surface area contributed by atoms with Crippen LogP contribution in [0.15, 0.2) is 114 Å². The van der Waals surface area contributed by atoms with Crippen molar-refractivity contribution >= 4 is 66.8 Å². The number of aromatic nitrogens is 1. The van der Waals surface area contributed by atoms with Crippen molar-refractivity contribution in [3.8, 4) is 38.6 Å². The number of phenols is 1. The van der Waals surface area contributed by atoms with Crippen molar-refractivity contribution in [3.63, 3.8) is 0 Å². The summed E-state index contributed by atoms with van der Waals surface area (Å²) >= 11 is 4.00. The molecule has 0 bridgehead atoms. The molecule has 0 aliphatic carbocycles. The first-order valence-electron chi connectivity index (χ1n) is 15.7. The third kappa shape index (κ3) is 6.10. The van der Waals surface area contributed by atoms with Crippen molar-refractivity contribution in [2.75, 3.05) is 0 Å². The monoisotopic (exact) mass is 742 g/mol. The van der Waals surface area contributed by atoms with Crippen molar-refractivity contribution in [1.29, 1.82) is 0 Å². The zero-order chi connectivity index (χ0) is 32.9. The molecule has 7 aromatic rings. The van der Waals surface area contributed by atoms with Gasteiger partial charge >= 0.3 is 0 Å². The Morgan fingerprint density at radius 2 is 1.51 bits per heavy atom. The predicted molar refractivity (Wildman–Crippen MR) is 210 cm³/mol. The molecule has 1 heterocycles. The molecule has 6 aromatic carbocycles. The highest BCUT2D eigenvalue weighted by Crippen LogP contribution is 2.43. The summed E-state index contributed by atoms with van der Waals surface area (Å²) in [4.78, 5) is 10.3. The second-order valence-electron chi connectivity index (χ2n) is 13.2. The second-order valence-corrected chi connectivity index (χ2v) is 15.4. The quantitative estimate of drug-likeness (QED) is 0.141. The van der Waals surface area contributed by atoms with Gasteiger partial charge in [-0.3, -0.25) is 4.99 Å². The predicted octanol–water partition coefficient (Wildman–Crippen LogP) is 12.4. The Kier molecular flexibility index (Phi) is 8.23. The maximum absolute atomic E-state index is 11.2. The van der Waals surface area contributed by atoms with Crippen LogP contribution in [-0.2, 0) is 5.41 Å². The van der Waals surface area contributed by atoms with Gasteiger partial charge in [-0.2, -0.15) is 0 Å². The molecule has 0 saturated carbocycles. The molecule has 5 heteroatoms. The van der Waals surface area contributed by atoms with Gasteiger partial charge in [0, 0.05) is 32.0 Å². The first-order chi connectivity index (χ1) is 22.6. The molecule has 0 aliphatic heterocycles. The molecule has 1 aromatic heterocycles. The maximum atomic E-state index is 11.2. The minimum Gasteiger partial charge on any atom is -0.507 e. The average molecular weight is 743 g/mol. The van der Waals surface area contributed by atoms with Gasteiger partial charge in [0.15, 0.2) is 0 Å². The molecule has 47 heavy (non-hydrogen) atoms. The van der Waals surface area contributed by atoms with E-state index in [1.54, 1.807) is 17.6 Å². The number of fused-ring (bicyclic) bond motifs is 2. The van der Waals surface area contributed by atoms with Crippen LogP contribution in [0.1, 0.15) is 43.0 Å². The normalized spacial score (nSPS) is 12.0. The number of aliphatic imine (C=N–C) groups is 1. The topological polar surface area (TPSA) is 45.5 Å². The van der Waals surface area contributed by atoms with Crippen LogP contribution >= 0.6 is 33.9 Å². The van der Waals surface area contributed by atoms with Crippen LogP contribution in [0.4, 0.5) is 5.69 Å². The first-order valence-corrected chi connectivity index (χ1v) is 17.6. The van der Waals surface area contributed by atoms with E-state index in [1.165, 1.54) is 38.6 Å². The highest BCUT2D eigenvalue weighted by molar-refractivity contribution is 14.1. The number of rotatable bonds is 5. The zero-order valence-corrected chi connectivity index (χ0v) is 30.1. The molecule has 0 fully saturated rings. The Labute approximate surface area is 293 Å². The second kappa shape index (κ2) is 12.4. The summed E-state index contributed by atoms with van der Waals surface area (Å²) in [5, 5.41) is 14.5. The number of nitrogens with zero attached hydrogens (tertiary/aromatic N) is 2. The molecule has 7 rings (SSSR count). The maximum Gasteiger partial charge on any atom is 0.128 e. The van der Waals surface area contributed by atoms with Crippen LogP contribution in [0.5, 0.6) is 5.75 Å². The van der Waals surface area contributed by atoms with E-state index in [2.05, 4.69) is 136 Å². The lowest BCUT2D eigenvalue weighted by atomic mass is 9.85. The molecule has 0 spiro atoms. The van der Waals surface area contributed by atoms with E-state index in [9.17, 15) is 5.11 Å². The number of aromatic hydroxyl groups is 1. The number of aryl methyl sites for hydroxylation is 2. The van der Waals surface area contributed by atoms with Crippen LogP contribution in [-0.4, -0.2) is 16.3 Å². The number of phenolic OH excluding ortho intramolecular Hbond substituents is 1. The van der Waals surface area contributed by atoms with E-state index < -0.39 is 0 Å². The summed E-state index contributed by atoms with van der Waals surface area (Å²) in [6.45, 7) is 10.7. The lowest BCUT2D eigenvalue weighted by molar-refractivity contribution is 0.445. The molecule has 0 saturated heterocycles. The van der Waals surface area contributed by atoms with Gasteiger partial charge in [-0.15, -0.1) is 11.3 Å². The number of hydrogen-bond acceptors (Lipinski definition) is 4. The molecular formula is C42H35IN2OS. The van der Waals surface area contributed by atoms with Crippen LogP contribution < -0.4 is 0 Å². The summed E-state index contributed by atoms with van der Waals surface area (Å²) in [7, 11) is 0. The highest BCUT2D eigenvalue weighted by Gasteiger charge is 2.21. The molecule has 3 nitrogen and oxygen atoms in total. The smallest absolute Gasteiger partial charge is 0.128 e. The van der Waals surface area contributed by atoms with E-state index in [-0.39, 0.29) is 11.2 Å². The van der Waals surface area contributed by atoms with Gasteiger partial charge in [0.2, 0.25) is 0 Å². The van der Waals surface area contributed by atoms with E-state index in [0.717, 1.165) is 41.2 Å². The molecule has 0 aliphatic rings. The minimum atomic E-state index is -0.190. The number of halogens is 1. The fourth-order valence-electron chi connectivity index (χ4n) is 6.21. The Morgan fingerprint density at radius 3 is 2.34 bits per heavy atom. The molecule has 0 unspecified atom stereocenters. The summed E-state index contributed by atoms with van der Waals surface area (Å²) in [5.41, 5.74) is 11.4. The largest absolute Gasteiger partial charge is 0.507 e. The van der Waals surface area contributed by atoms with Crippen molar-refractivity contribution in [2.45, 2.75) is 40.0 Å². The average Bonchev–Trinajstić information content (AvgIpc) is 3.49. The third-order valence-electron chi connectivity index (χ3n) is 8.67. The molecule has 0 atom stereocenters. The van der Waals surface area contributed by atoms with E-state index in [4.69, 9.17) is 9.98 Å². The van der Waals surface area contributed by atoms with E-state index >= 15 is 0 Å². The Balaban J connectivity index is 1.41. The SMILES string of the molecule is Cc1ccc(C)c(-c2cc(-c3cccc4ccccc34)c3nc(-c4ccccc4N=Cc4cc(I)cc(C(C)(C)C)c4O)sc3c2)c1. The van der Waals surface area contributed by atoms with Crippen molar-refractivity contribution in [3.05, 3.63) is 135 Å². The molecule has 0 amide bonds. The summed E-state index contributed by atoms with van der Waals surface area (Å²) in [6, 6.07) is 38.5. The van der Waals surface area contributed by atoms with Crippen LogP contribution in [0, 0.1) is 17.4 Å². The van der Waals surface area contributed by atoms with Crippen molar-refractivity contribution < 1.29 is 5.11 Å². The number of benzene rings is 6. The van der Waals surface area contributed by atoms with E-state index in [0.29, 0.717) is 5.56 Å². The molecular weight excluding hydrogens is 707 g/mol. The van der Waals surface area contributed by atoms with Gasteiger partial charge in [-0.1, -0.05) is 99.1 Å². The summed E-state index contributed by atoms with van der Waals surface area (Å²) in [6.07, 6.45) is 1.78. The van der Waals surface area contributed by atoms with Crippen molar-refractivity contribution in [2.24, 2.45) is 4.99 Å². The van der Waals surface area contributed by atoms with Gasteiger partial charge in [0.1, 0.15) is 10.8 Å². The molecule has 232 valence electrons. The lowest BCUT2D eigenvalue weighted by Crippen LogP contribution is -2.12. The molecule has 1 N–H and O–H groups in total. The Morgan fingerprint density at radius 1 is 0.766 bits per heavy atom. The number of thiazole rings is 1. The number of para-hydroxylation sites is 1. The zero-order valence-electron chi connectivity index (χ0n) is 27.1. The van der Waals surface area contributed by atoms with Crippen LogP contribution in [0.25, 0.3) is 53.8 Å². The third-order valence-corrected chi connectivity index (χ3v) is 10.3. The fourth-order valence-corrected chi connectivity index (χ4v) is 7.92. The standard InChI is InChI=1S/C42H35IN2OS/c1-25-17-18-26(2)34(19-25)28-21-35(32-15-10-12-27-11-6-7-13-31(27)32)39-38(22-28)47-41(45-39)33-14-8-9-16-37(33)44-24-29-20-30(43)23-36(40(29)46)42(3,4)5/h6-24,46H,1-5H3. The first kappa shape index (κ1) is 31.3. The lowest BCUT2D eigenvalue weighted by Gasteiger charge is -2.21. The minimum absolute atomic E-state index is 0.190. The van der Waals surface area contributed by atoms with Gasteiger partial charge < -0.3 is 5.11 Å². The van der Waals surface area contributed by atoms with Gasteiger partial charge in [0.25, 0.3) is 0 Å². The van der Waals surface area contributed by atoms with Crippen LogP contribution in [0.2, 0.25) is 0 Å². The van der Waals surface area contributed by atoms with Gasteiger partial charge in [-0.25, -0.2) is 4.98 Å². The van der Waals surface area contributed by atoms with E-state index in [1.807, 2.05) is 30.3 Å². The Hall–Kier alpha value is -4.33. The Bertz CT molecular complexity index is 2340. The van der Waals surface area contributed by atoms with Gasteiger partial charge in [-0.05, 0) is 111 Å². The fraction of sp³-hybridized carbons (Fsp3) is 0.143. The number of hydrogen-bond donors (Lipinski definition) is 1. The van der Waals surface area contributed by atoms with Gasteiger partial charge in [0.05, 0.1) is 15.9 Å². The van der Waals surface area contributed by atoms with Crippen molar-refractivity contribution in [1.82, 2.24) is 4.98 Å². The van der Waals surface area contributed by atoms with Crippen LogP contribution in [0.3, 0.4) is 0 Å². The molecule has 0 radical (unpaired) electrons. The summed E-state index contributed by atoms with van der Waals surface area (Å²) < 4.78 is 2.19.